The lowest BCUT2D eigenvalue weighted by Gasteiger charge is -2.30. The van der Waals surface area contributed by atoms with E-state index in [0.717, 1.165) is 16.6 Å². The number of benzene rings is 1. The second-order valence-corrected chi connectivity index (χ2v) is 6.28. The molecule has 104 valence electrons. The fraction of sp³-hybridized carbons (Fsp3) is 0.500. The van der Waals surface area contributed by atoms with Gasteiger partial charge in [0.25, 0.3) is 0 Å². The fourth-order valence-electron chi connectivity index (χ4n) is 2.25. The van der Waals surface area contributed by atoms with Crippen LogP contribution in [0.3, 0.4) is 0 Å². The van der Waals surface area contributed by atoms with Crippen LogP contribution in [0.25, 0.3) is 0 Å². The Morgan fingerprint density at radius 2 is 2.26 bits per heavy atom. The van der Waals surface area contributed by atoms with E-state index in [0.29, 0.717) is 18.2 Å². The lowest BCUT2D eigenvalue weighted by Crippen LogP contribution is -2.41. The Labute approximate surface area is 127 Å². The van der Waals surface area contributed by atoms with Crippen LogP contribution in [0.4, 0.5) is 5.69 Å². The normalized spacial score (nSPS) is 18.9. The minimum absolute atomic E-state index is 0.0536. The largest absolute Gasteiger partial charge is 0.381 e. The molecule has 1 aromatic rings. The van der Waals surface area contributed by atoms with Crippen LogP contribution in [0.2, 0.25) is 5.02 Å². The molecule has 1 aliphatic heterocycles. The van der Waals surface area contributed by atoms with Gasteiger partial charge in [-0.3, -0.25) is 4.79 Å². The monoisotopic (exact) mass is 345 g/mol. The zero-order valence-electron chi connectivity index (χ0n) is 11.0. The fourth-order valence-corrected chi connectivity index (χ4v) is 3.02. The maximum Gasteiger partial charge on any atom is 0.232 e. The Morgan fingerprint density at radius 1 is 1.53 bits per heavy atom. The Kier molecular flexibility index (Phi) is 4.87. The summed E-state index contributed by atoms with van der Waals surface area (Å²) in [5.41, 5.74) is 0.761. The van der Waals surface area contributed by atoms with Gasteiger partial charge in [-0.25, -0.2) is 0 Å². The molecule has 0 spiro atoms. The van der Waals surface area contributed by atoms with Crippen molar-refractivity contribution < 1.29 is 9.53 Å². The van der Waals surface area contributed by atoms with Gasteiger partial charge in [0.15, 0.2) is 0 Å². The van der Waals surface area contributed by atoms with Crippen molar-refractivity contribution in [1.82, 2.24) is 0 Å². The Bertz CT molecular complexity index is 473. The molecule has 2 rings (SSSR count). The predicted molar refractivity (Wildman–Crippen MR) is 80.7 cm³/mol. The Morgan fingerprint density at radius 3 is 2.79 bits per heavy atom. The summed E-state index contributed by atoms with van der Waals surface area (Å²) in [5, 5.41) is 0.579. The van der Waals surface area contributed by atoms with Gasteiger partial charge in [-0.2, -0.15) is 0 Å². The lowest BCUT2D eigenvalue weighted by molar-refractivity contribution is -0.122. The van der Waals surface area contributed by atoms with E-state index in [1.807, 2.05) is 32.0 Å². The van der Waals surface area contributed by atoms with Crippen LogP contribution in [0.15, 0.2) is 22.7 Å². The van der Waals surface area contributed by atoms with Gasteiger partial charge in [-0.15, -0.1) is 0 Å². The highest BCUT2D eigenvalue weighted by molar-refractivity contribution is 9.10. The molecular weight excluding hydrogens is 330 g/mol. The van der Waals surface area contributed by atoms with Crippen LogP contribution in [-0.2, 0) is 9.53 Å². The van der Waals surface area contributed by atoms with Crippen molar-refractivity contribution in [3.8, 4) is 0 Å². The number of rotatable bonds is 3. The molecule has 1 aliphatic rings. The summed E-state index contributed by atoms with van der Waals surface area (Å²) in [4.78, 5) is 14.4. The molecule has 0 radical (unpaired) electrons. The molecular formula is C14H17BrClNO2. The summed E-state index contributed by atoms with van der Waals surface area (Å²) in [6.07, 6.45) is 0.788. The van der Waals surface area contributed by atoms with E-state index in [1.54, 1.807) is 4.90 Å². The summed E-state index contributed by atoms with van der Waals surface area (Å²) in [7, 11) is 0. The second-order valence-electron chi connectivity index (χ2n) is 4.96. The summed E-state index contributed by atoms with van der Waals surface area (Å²) < 4.78 is 6.21. The molecule has 0 bridgehead atoms. The molecule has 1 aromatic carbocycles. The molecule has 0 aliphatic carbocycles. The van der Waals surface area contributed by atoms with E-state index in [-0.39, 0.29) is 17.9 Å². The number of ether oxygens (including phenoxy) is 1. The van der Waals surface area contributed by atoms with Gasteiger partial charge < -0.3 is 9.64 Å². The van der Waals surface area contributed by atoms with Crippen LogP contribution < -0.4 is 4.90 Å². The number of hydrogen-bond acceptors (Lipinski definition) is 2. The molecule has 19 heavy (non-hydrogen) atoms. The number of carbonyl (C=O) groups is 1. The van der Waals surface area contributed by atoms with Gasteiger partial charge >= 0.3 is 0 Å². The maximum absolute atomic E-state index is 12.6. The SMILES string of the molecule is CC(C)N(C(=O)C1CCOC1)c1ccc(Br)cc1Cl. The van der Waals surface area contributed by atoms with Crippen molar-refractivity contribution in [2.24, 2.45) is 5.92 Å². The number of carbonyl (C=O) groups excluding carboxylic acids is 1. The number of halogens is 2. The molecule has 3 nitrogen and oxygen atoms in total. The first-order valence-corrected chi connectivity index (χ1v) is 7.53. The van der Waals surface area contributed by atoms with Gasteiger partial charge in [-0.05, 0) is 38.5 Å². The van der Waals surface area contributed by atoms with E-state index in [4.69, 9.17) is 16.3 Å². The molecule has 1 unspecified atom stereocenters. The van der Waals surface area contributed by atoms with Crippen LogP contribution in [-0.4, -0.2) is 25.2 Å². The molecule has 1 saturated heterocycles. The quantitative estimate of drug-likeness (QED) is 0.831. The van der Waals surface area contributed by atoms with Gasteiger partial charge in [0.2, 0.25) is 5.91 Å². The highest BCUT2D eigenvalue weighted by atomic mass is 79.9. The molecule has 0 aromatic heterocycles. The summed E-state index contributed by atoms with van der Waals surface area (Å²) in [6, 6.07) is 5.65. The minimum atomic E-state index is -0.0536. The Hall–Kier alpha value is -0.580. The standard InChI is InChI=1S/C14H17BrClNO2/c1-9(2)17(14(18)10-5-6-19-8-10)13-4-3-11(15)7-12(13)16/h3-4,7,9-10H,5-6,8H2,1-2H3. The zero-order chi connectivity index (χ0) is 14.0. The third-order valence-corrected chi connectivity index (χ3v) is 4.00. The molecule has 1 fully saturated rings. The van der Waals surface area contributed by atoms with Crippen LogP contribution >= 0.6 is 27.5 Å². The zero-order valence-corrected chi connectivity index (χ0v) is 13.4. The van der Waals surface area contributed by atoms with Crippen molar-refractivity contribution in [3.05, 3.63) is 27.7 Å². The van der Waals surface area contributed by atoms with Gasteiger partial charge in [0, 0.05) is 17.1 Å². The van der Waals surface area contributed by atoms with Crippen LogP contribution in [0.5, 0.6) is 0 Å². The average molecular weight is 347 g/mol. The lowest BCUT2D eigenvalue weighted by atomic mass is 10.1. The van der Waals surface area contributed by atoms with E-state index in [9.17, 15) is 4.79 Å². The van der Waals surface area contributed by atoms with E-state index in [1.165, 1.54) is 0 Å². The van der Waals surface area contributed by atoms with Crippen LogP contribution in [0, 0.1) is 5.92 Å². The smallest absolute Gasteiger partial charge is 0.232 e. The van der Waals surface area contributed by atoms with Crippen molar-refractivity contribution in [1.29, 1.82) is 0 Å². The first-order valence-electron chi connectivity index (χ1n) is 6.36. The summed E-state index contributed by atoms with van der Waals surface area (Å²) in [6.45, 7) is 5.16. The van der Waals surface area contributed by atoms with E-state index < -0.39 is 0 Å². The number of amides is 1. The highest BCUT2D eigenvalue weighted by Crippen LogP contribution is 2.32. The molecule has 0 N–H and O–H groups in total. The first kappa shape index (κ1) is 14.8. The summed E-state index contributed by atoms with van der Waals surface area (Å²) >= 11 is 9.64. The second kappa shape index (κ2) is 6.25. The van der Waals surface area contributed by atoms with Gasteiger partial charge in [-0.1, -0.05) is 27.5 Å². The van der Waals surface area contributed by atoms with Crippen molar-refractivity contribution >= 4 is 39.1 Å². The van der Waals surface area contributed by atoms with Crippen molar-refractivity contribution in [2.45, 2.75) is 26.3 Å². The molecule has 1 amide bonds. The average Bonchev–Trinajstić information content (AvgIpc) is 2.85. The highest BCUT2D eigenvalue weighted by Gasteiger charge is 2.31. The van der Waals surface area contributed by atoms with E-state index >= 15 is 0 Å². The Balaban J connectivity index is 2.31. The molecule has 0 saturated carbocycles. The van der Waals surface area contributed by atoms with Crippen molar-refractivity contribution in [2.75, 3.05) is 18.1 Å². The summed E-state index contributed by atoms with van der Waals surface area (Å²) in [5.74, 6) is 0.0406. The number of nitrogens with zero attached hydrogens (tertiary/aromatic N) is 1. The third-order valence-electron chi connectivity index (χ3n) is 3.20. The van der Waals surface area contributed by atoms with Crippen molar-refractivity contribution in [3.63, 3.8) is 0 Å². The topological polar surface area (TPSA) is 29.5 Å². The van der Waals surface area contributed by atoms with E-state index in [2.05, 4.69) is 15.9 Å². The van der Waals surface area contributed by atoms with Gasteiger partial charge in [0.1, 0.15) is 0 Å². The maximum atomic E-state index is 12.6. The van der Waals surface area contributed by atoms with Gasteiger partial charge in [0.05, 0.1) is 23.2 Å². The molecule has 1 heterocycles. The molecule has 5 heteroatoms. The van der Waals surface area contributed by atoms with Crippen LogP contribution in [0.1, 0.15) is 20.3 Å². The predicted octanol–water partition coefficient (Wildman–Crippen LogP) is 3.88. The first-order chi connectivity index (χ1) is 9.00. The third kappa shape index (κ3) is 3.30. The number of anilines is 1. The number of hydrogen-bond donors (Lipinski definition) is 0. The molecule has 1 atom stereocenters. The minimum Gasteiger partial charge on any atom is -0.381 e.